The molecule has 0 saturated heterocycles. The highest BCUT2D eigenvalue weighted by Gasteiger charge is 2.08. The summed E-state index contributed by atoms with van der Waals surface area (Å²) in [6.07, 6.45) is 1.53. The predicted octanol–water partition coefficient (Wildman–Crippen LogP) is -0.477. The largest absolute Gasteiger partial charge is 0.313 e. The topological polar surface area (TPSA) is 77.6 Å². The second-order valence-electron chi connectivity index (χ2n) is 4.23. The molecule has 0 unspecified atom stereocenters. The number of hydrogen-bond donors (Lipinski definition) is 1. The molecule has 0 bridgehead atoms. The van der Waals surface area contributed by atoms with Gasteiger partial charge in [0.2, 0.25) is 0 Å². The molecule has 0 aromatic carbocycles. The van der Waals surface area contributed by atoms with Crippen molar-refractivity contribution in [3.8, 4) is 0 Å². The van der Waals surface area contributed by atoms with Gasteiger partial charge in [-0.05, 0) is 0 Å². The summed E-state index contributed by atoms with van der Waals surface area (Å²) in [5, 5.41) is 15.6. The summed E-state index contributed by atoms with van der Waals surface area (Å²) in [5.74, 6) is 0. The first-order valence-electron chi connectivity index (χ1n) is 5.58. The summed E-state index contributed by atoms with van der Waals surface area (Å²) in [6, 6.07) is 0.390. The third-order valence-corrected chi connectivity index (χ3v) is 2.50. The van der Waals surface area contributed by atoms with Gasteiger partial charge in [0.05, 0.1) is 12.7 Å². The Balaban J connectivity index is 2.24. The minimum absolute atomic E-state index is 0.145. The molecule has 0 saturated carbocycles. The van der Waals surface area contributed by atoms with E-state index < -0.39 is 0 Å². The minimum Gasteiger partial charge on any atom is -0.313 e. The number of rotatable bonds is 4. The van der Waals surface area contributed by atoms with Gasteiger partial charge in [-0.3, -0.25) is 4.79 Å². The maximum absolute atomic E-state index is 12.0. The predicted molar refractivity (Wildman–Crippen MR) is 63.7 cm³/mol. The second-order valence-corrected chi connectivity index (χ2v) is 4.23. The van der Waals surface area contributed by atoms with Crippen molar-refractivity contribution in [3.05, 3.63) is 16.6 Å². The molecule has 0 aliphatic heterocycles. The number of aromatic nitrogens is 5. The molecule has 2 aromatic rings. The first-order chi connectivity index (χ1) is 8.09. The number of nitrogens with zero attached hydrogens (tertiary/aromatic N) is 5. The van der Waals surface area contributed by atoms with Crippen LogP contribution in [0.2, 0.25) is 0 Å². The first kappa shape index (κ1) is 11.7. The molecular formula is C10H16N6O. The summed E-state index contributed by atoms with van der Waals surface area (Å²) in [5.41, 5.74) is 0.372. The van der Waals surface area contributed by atoms with E-state index in [1.807, 2.05) is 0 Å². The average Bonchev–Trinajstić information content (AvgIpc) is 2.64. The van der Waals surface area contributed by atoms with E-state index in [1.165, 1.54) is 10.9 Å². The molecule has 0 fully saturated rings. The Labute approximate surface area is 98.4 Å². The van der Waals surface area contributed by atoms with Crippen LogP contribution in [0.5, 0.6) is 0 Å². The minimum atomic E-state index is -0.145. The molecule has 0 atom stereocenters. The van der Waals surface area contributed by atoms with Gasteiger partial charge in [0.15, 0.2) is 5.65 Å². The third-order valence-electron chi connectivity index (χ3n) is 2.50. The monoisotopic (exact) mass is 236 g/mol. The zero-order valence-corrected chi connectivity index (χ0v) is 10.2. The highest BCUT2D eigenvalue weighted by Crippen LogP contribution is 2.01. The van der Waals surface area contributed by atoms with Crippen LogP contribution in [-0.2, 0) is 13.6 Å². The van der Waals surface area contributed by atoms with Crippen molar-refractivity contribution in [3.63, 3.8) is 0 Å². The van der Waals surface area contributed by atoms with Gasteiger partial charge in [0.25, 0.3) is 5.56 Å². The molecule has 2 heterocycles. The van der Waals surface area contributed by atoms with Crippen LogP contribution in [0, 0.1) is 0 Å². The van der Waals surface area contributed by atoms with E-state index in [4.69, 9.17) is 0 Å². The fourth-order valence-electron chi connectivity index (χ4n) is 1.58. The molecule has 0 aliphatic carbocycles. The summed E-state index contributed by atoms with van der Waals surface area (Å²) < 4.78 is 2.90. The molecule has 0 radical (unpaired) electrons. The molecule has 1 N–H and O–H groups in total. The summed E-state index contributed by atoms with van der Waals surface area (Å²) in [7, 11) is 1.74. The lowest BCUT2D eigenvalue weighted by atomic mass is 10.4. The van der Waals surface area contributed by atoms with Crippen molar-refractivity contribution in [2.24, 2.45) is 7.05 Å². The first-order valence-corrected chi connectivity index (χ1v) is 5.58. The molecule has 0 amide bonds. The Bertz CT molecular complexity index is 570. The third kappa shape index (κ3) is 2.33. The summed E-state index contributed by atoms with van der Waals surface area (Å²) >= 11 is 0. The van der Waals surface area contributed by atoms with Crippen LogP contribution in [0.4, 0.5) is 0 Å². The van der Waals surface area contributed by atoms with Crippen molar-refractivity contribution in [1.29, 1.82) is 0 Å². The highest BCUT2D eigenvalue weighted by molar-refractivity contribution is 5.72. The van der Waals surface area contributed by atoms with E-state index in [1.54, 1.807) is 11.7 Å². The average molecular weight is 236 g/mol. The van der Waals surface area contributed by atoms with Gasteiger partial charge in [-0.1, -0.05) is 19.1 Å². The molecule has 17 heavy (non-hydrogen) atoms. The molecule has 7 heteroatoms. The van der Waals surface area contributed by atoms with Crippen LogP contribution in [0.1, 0.15) is 13.8 Å². The van der Waals surface area contributed by atoms with Gasteiger partial charge in [-0.25, -0.2) is 9.36 Å². The van der Waals surface area contributed by atoms with Crippen LogP contribution in [0.3, 0.4) is 0 Å². The van der Waals surface area contributed by atoms with E-state index in [2.05, 4.69) is 34.6 Å². The molecule has 2 rings (SSSR count). The Hall–Kier alpha value is -1.76. The summed E-state index contributed by atoms with van der Waals surface area (Å²) in [4.78, 5) is 12.0. The van der Waals surface area contributed by atoms with E-state index in [0.29, 0.717) is 30.2 Å². The lowest BCUT2D eigenvalue weighted by molar-refractivity contribution is 0.486. The highest BCUT2D eigenvalue weighted by atomic mass is 16.1. The van der Waals surface area contributed by atoms with Crippen LogP contribution in [0.25, 0.3) is 11.0 Å². The van der Waals surface area contributed by atoms with Gasteiger partial charge < -0.3 is 5.32 Å². The Morgan fingerprint density at radius 2 is 2.24 bits per heavy atom. The van der Waals surface area contributed by atoms with Crippen LogP contribution >= 0.6 is 0 Å². The smallest absolute Gasteiger partial charge is 0.280 e. The van der Waals surface area contributed by atoms with Crippen molar-refractivity contribution < 1.29 is 0 Å². The van der Waals surface area contributed by atoms with Gasteiger partial charge in [0, 0.05) is 19.6 Å². The van der Waals surface area contributed by atoms with E-state index >= 15 is 0 Å². The quantitative estimate of drug-likeness (QED) is 0.776. The van der Waals surface area contributed by atoms with Gasteiger partial charge in [-0.2, -0.15) is 5.10 Å². The van der Waals surface area contributed by atoms with E-state index in [-0.39, 0.29) is 5.56 Å². The van der Waals surface area contributed by atoms with E-state index in [0.717, 1.165) is 0 Å². The normalized spacial score (nSPS) is 11.5. The van der Waals surface area contributed by atoms with Crippen LogP contribution in [0.15, 0.2) is 11.0 Å². The van der Waals surface area contributed by atoms with Crippen LogP contribution in [-0.4, -0.2) is 37.4 Å². The van der Waals surface area contributed by atoms with Crippen molar-refractivity contribution >= 4 is 11.0 Å². The Morgan fingerprint density at radius 1 is 1.47 bits per heavy atom. The lowest BCUT2D eigenvalue weighted by Gasteiger charge is -2.08. The zero-order chi connectivity index (χ0) is 12.4. The molecule has 0 spiro atoms. The van der Waals surface area contributed by atoms with Gasteiger partial charge in [-0.15, -0.1) is 5.10 Å². The van der Waals surface area contributed by atoms with Gasteiger partial charge >= 0.3 is 0 Å². The van der Waals surface area contributed by atoms with Crippen LogP contribution < -0.4 is 10.9 Å². The Kier molecular flexibility index (Phi) is 3.19. The van der Waals surface area contributed by atoms with Gasteiger partial charge in [0.1, 0.15) is 5.39 Å². The molecule has 92 valence electrons. The number of aryl methyl sites for hydroxylation is 1. The maximum atomic E-state index is 12.0. The van der Waals surface area contributed by atoms with Crippen molar-refractivity contribution in [2.75, 3.05) is 6.54 Å². The molecule has 2 aromatic heterocycles. The summed E-state index contributed by atoms with van der Waals surface area (Å²) in [6.45, 7) is 5.31. The van der Waals surface area contributed by atoms with Crippen molar-refractivity contribution in [2.45, 2.75) is 26.4 Å². The molecule has 7 nitrogen and oxygen atoms in total. The number of hydrogen-bond acceptors (Lipinski definition) is 5. The molecule has 0 aliphatic rings. The zero-order valence-electron chi connectivity index (χ0n) is 10.2. The second kappa shape index (κ2) is 4.62. The lowest BCUT2D eigenvalue weighted by Crippen LogP contribution is -2.32. The number of nitrogens with one attached hydrogen (secondary N) is 1. The fraction of sp³-hybridized carbons (Fsp3) is 0.600. The van der Waals surface area contributed by atoms with Crippen molar-refractivity contribution in [1.82, 2.24) is 30.1 Å². The SMILES string of the molecule is CC(C)NCCn1nnc2c(cnn2C)c1=O. The maximum Gasteiger partial charge on any atom is 0.280 e. The molecular weight excluding hydrogens is 220 g/mol. The standard InChI is InChI=1S/C10H16N6O/c1-7(2)11-4-5-16-10(17)8-6-12-15(3)9(8)13-14-16/h6-7,11H,4-5H2,1-3H3. The fourth-order valence-corrected chi connectivity index (χ4v) is 1.58. The van der Waals surface area contributed by atoms with E-state index in [9.17, 15) is 4.79 Å². The Morgan fingerprint density at radius 3 is 2.94 bits per heavy atom. The number of fused-ring (bicyclic) bond motifs is 1.